The molecule has 1 heterocycles. The second-order valence-corrected chi connectivity index (χ2v) is 9.10. The van der Waals surface area contributed by atoms with Gasteiger partial charge in [-0.1, -0.05) is 72.1 Å². The highest BCUT2D eigenvalue weighted by atomic mass is 16.1. The first-order chi connectivity index (χ1) is 16.8. The van der Waals surface area contributed by atoms with Gasteiger partial charge in [0.25, 0.3) is 0 Å². The van der Waals surface area contributed by atoms with Crippen LogP contribution in [-0.4, -0.2) is 31.7 Å². The molecule has 0 atom stereocenters. The van der Waals surface area contributed by atoms with Crippen molar-refractivity contribution in [2.45, 2.75) is 79.1 Å². The van der Waals surface area contributed by atoms with Crippen LogP contribution in [0.1, 0.15) is 83.9 Å². The number of aromatic nitrogens is 1. The van der Waals surface area contributed by atoms with Crippen LogP contribution in [0.25, 0.3) is 11.3 Å². The number of hydrogen-bond acceptors (Lipinski definition) is 5. The summed E-state index contributed by atoms with van der Waals surface area (Å²) in [4.78, 5) is 25.4. The molecule has 196 valence electrons. The Morgan fingerprint density at radius 1 is 1.06 bits per heavy atom. The first-order valence-electron chi connectivity index (χ1n) is 12.5. The number of carbonyl (C=O) groups is 2. The van der Waals surface area contributed by atoms with Gasteiger partial charge in [-0.25, -0.2) is 0 Å². The fraction of sp³-hybridized carbons (Fsp3) is 0.500. The minimum Gasteiger partial charge on any atom is -0.387 e. The van der Waals surface area contributed by atoms with E-state index < -0.39 is 0 Å². The van der Waals surface area contributed by atoms with Crippen LogP contribution in [-0.2, 0) is 16.0 Å². The van der Waals surface area contributed by atoms with Crippen LogP contribution in [0.15, 0.2) is 49.6 Å². The Hall–Kier alpha value is -2.79. The van der Waals surface area contributed by atoms with E-state index in [1.807, 2.05) is 46.7 Å². The number of ketones is 1. The van der Waals surface area contributed by atoms with Crippen LogP contribution >= 0.6 is 0 Å². The minimum absolute atomic E-state index is 0.207. The van der Waals surface area contributed by atoms with Crippen LogP contribution in [0.5, 0.6) is 0 Å². The Balaban J connectivity index is 0. The molecule has 1 aromatic heterocycles. The van der Waals surface area contributed by atoms with E-state index in [-0.39, 0.29) is 11.2 Å². The number of nitrogens with one attached hydrogen (secondary N) is 1. The van der Waals surface area contributed by atoms with E-state index in [9.17, 15) is 4.79 Å². The molecule has 1 fully saturated rings. The summed E-state index contributed by atoms with van der Waals surface area (Å²) >= 11 is 0. The molecule has 1 aliphatic carbocycles. The Labute approximate surface area is 214 Å². The Morgan fingerprint density at radius 3 is 2.09 bits per heavy atom. The molecule has 1 saturated carbocycles. The van der Waals surface area contributed by atoms with Gasteiger partial charge in [-0.2, -0.15) is 0 Å². The quantitative estimate of drug-likeness (QED) is 0.439. The van der Waals surface area contributed by atoms with Crippen LogP contribution in [0.2, 0.25) is 0 Å². The summed E-state index contributed by atoms with van der Waals surface area (Å²) in [5.74, 6) is 0.895. The van der Waals surface area contributed by atoms with Gasteiger partial charge in [0.1, 0.15) is 12.6 Å². The number of nitrogens with two attached hydrogens (primary N) is 1. The van der Waals surface area contributed by atoms with Crippen molar-refractivity contribution in [3.8, 4) is 11.3 Å². The molecule has 0 aliphatic heterocycles. The standard InChI is InChI=1S/C23H30N2O.C3H8.C2H4.CH5N.CH2O/c1-23(2,3)22(26)15-21-20(24-4)13-12-19(25-21)18-11-7-10-17(14-18)16-8-5-6-9-16;1-3-2;3*1-2/h7,10-14,16,24H,5-6,8-9,15H2,1-4H3;3H2,1-2H3;1-2H2;2H2,1H3;1H2. The zero-order valence-electron chi connectivity index (χ0n) is 23.2. The van der Waals surface area contributed by atoms with E-state index in [1.54, 1.807) is 0 Å². The van der Waals surface area contributed by atoms with Crippen molar-refractivity contribution in [3.63, 3.8) is 0 Å². The fourth-order valence-electron chi connectivity index (χ4n) is 3.65. The number of anilines is 1. The van der Waals surface area contributed by atoms with E-state index in [0.717, 1.165) is 22.6 Å². The second-order valence-electron chi connectivity index (χ2n) is 9.10. The van der Waals surface area contributed by atoms with E-state index in [4.69, 9.17) is 9.78 Å². The van der Waals surface area contributed by atoms with Crippen molar-refractivity contribution in [1.29, 1.82) is 0 Å². The zero-order chi connectivity index (χ0) is 27.4. The van der Waals surface area contributed by atoms with Crippen molar-refractivity contribution in [1.82, 2.24) is 4.98 Å². The van der Waals surface area contributed by atoms with Crippen molar-refractivity contribution < 1.29 is 9.59 Å². The fourth-order valence-corrected chi connectivity index (χ4v) is 3.65. The van der Waals surface area contributed by atoms with Crippen molar-refractivity contribution >= 4 is 18.3 Å². The first-order valence-corrected chi connectivity index (χ1v) is 12.5. The predicted octanol–water partition coefficient (Wildman–Crippen LogP) is 7.21. The normalized spacial score (nSPS) is 12.2. The van der Waals surface area contributed by atoms with Crippen molar-refractivity contribution in [2.75, 3.05) is 19.4 Å². The van der Waals surface area contributed by atoms with Gasteiger partial charge in [0.2, 0.25) is 0 Å². The van der Waals surface area contributed by atoms with Gasteiger partial charge in [-0.05, 0) is 49.6 Å². The van der Waals surface area contributed by atoms with Crippen LogP contribution in [0.4, 0.5) is 5.69 Å². The molecule has 5 nitrogen and oxygen atoms in total. The summed E-state index contributed by atoms with van der Waals surface area (Å²) < 4.78 is 0. The molecule has 1 aliphatic rings. The lowest BCUT2D eigenvalue weighted by molar-refractivity contribution is -0.125. The van der Waals surface area contributed by atoms with Gasteiger partial charge in [0.15, 0.2) is 0 Å². The summed E-state index contributed by atoms with van der Waals surface area (Å²) in [5.41, 5.74) is 9.41. The van der Waals surface area contributed by atoms with E-state index in [1.165, 1.54) is 44.7 Å². The molecule has 1 aromatic carbocycles. The Bertz CT molecular complexity index is 836. The first kappa shape index (κ1) is 34.4. The van der Waals surface area contributed by atoms with Gasteiger partial charge < -0.3 is 15.8 Å². The Kier molecular flexibility index (Phi) is 19.2. The summed E-state index contributed by atoms with van der Waals surface area (Å²) in [7, 11) is 3.38. The monoisotopic (exact) mass is 483 g/mol. The number of carbonyl (C=O) groups excluding carboxylic acids is 2. The third-order valence-corrected chi connectivity index (χ3v) is 5.42. The zero-order valence-corrected chi connectivity index (χ0v) is 23.2. The number of Topliss-reactive ketones (excluding diaryl/α,β-unsaturated/α-hetero) is 1. The van der Waals surface area contributed by atoms with Crippen molar-refractivity contribution in [2.24, 2.45) is 11.1 Å². The number of rotatable bonds is 5. The summed E-state index contributed by atoms with van der Waals surface area (Å²) in [6, 6.07) is 12.9. The smallest absolute Gasteiger partial charge is 0.144 e. The summed E-state index contributed by atoms with van der Waals surface area (Å²) in [6.07, 6.45) is 6.86. The Morgan fingerprint density at radius 2 is 1.60 bits per heavy atom. The number of pyridine rings is 1. The lowest BCUT2D eigenvalue weighted by atomic mass is 9.88. The third kappa shape index (κ3) is 11.9. The van der Waals surface area contributed by atoms with Gasteiger partial charge >= 0.3 is 0 Å². The number of nitrogens with zero attached hydrogens (tertiary/aromatic N) is 1. The lowest BCUT2D eigenvalue weighted by Gasteiger charge is -2.18. The minimum atomic E-state index is -0.356. The molecule has 0 amide bonds. The van der Waals surface area contributed by atoms with Gasteiger partial charge in [0.05, 0.1) is 23.5 Å². The summed E-state index contributed by atoms with van der Waals surface area (Å²) in [6.45, 7) is 18.1. The average Bonchev–Trinajstić information content (AvgIpc) is 3.43. The van der Waals surface area contributed by atoms with E-state index in [0.29, 0.717) is 12.3 Å². The molecule has 5 heteroatoms. The molecule has 35 heavy (non-hydrogen) atoms. The van der Waals surface area contributed by atoms with E-state index in [2.05, 4.69) is 62.3 Å². The largest absolute Gasteiger partial charge is 0.387 e. The molecule has 2 aromatic rings. The molecule has 0 saturated heterocycles. The van der Waals surface area contributed by atoms with E-state index >= 15 is 0 Å². The molecule has 0 unspecified atom stereocenters. The maximum atomic E-state index is 12.5. The second kappa shape index (κ2) is 19.5. The highest BCUT2D eigenvalue weighted by Gasteiger charge is 2.23. The highest BCUT2D eigenvalue weighted by molar-refractivity contribution is 5.86. The number of benzene rings is 1. The molecular weight excluding hydrogens is 434 g/mol. The van der Waals surface area contributed by atoms with Gasteiger partial charge in [0, 0.05) is 18.0 Å². The summed E-state index contributed by atoms with van der Waals surface area (Å²) in [5, 5.41) is 3.17. The van der Waals surface area contributed by atoms with Gasteiger partial charge in [-0.15, -0.1) is 13.2 Å². The molecule has 0 radical (unpaired) electrons. The molecular formula is C30H49N3O2. The van der Waals surface area contributed by atoms with Gasteiger partial charge in [-0.3, -0.25) is 9.78 Å². The average molecular weight is 484 g/mol. The van der Waals surface area contributed by atoms with Crippen LogP contribution in [0, 0.1) is 5.41 Å². The van der Waals surface area contributed by atoms with Crippen LogP contribution in [0.3, 0.4) is 0 Å². The van der Waals surface area contributed by atoms with Crippen LogP contribution < -0.4 is 11.1 Å². The SMILES string of the molecule is C=C.C=O.CCC.CN.CNc1ccc(-c2cccc(C3CCCC3)c2)nc1CC(=O)C(C)(C)C. The predicted molar refractivity (Wildman–Crippen MR) is 153 cm³/mol. The molecule has 0 bridgehead atoms. The van der Waals surface area contributed by atoms with Crippen molar-refractivity contribution in [3.05, 3.63) is 60.8 Å². The topological polar surface area (TPSA) is 85.1 Å². The highest BCUT2D eigenvalue weighted by Crippen LogP contribution is 2.35. The number of hydrogen-bond donors (Lipinski definition) is 2. The molecule has 0 spiro atoms. The maximum absolute atomic E-state index is 12.5. The molecule has 3 N–H and O–H groups in total. The third-order valence-electron chi connectivity index (χ3n) is 5.42. The lowest BCUT2D eigenvalue weighted by Crippen LogP contribution is -2.23. The maximum Gasteiger partial charge on any atom is 0.144 e. The molecule has 3 rings (SSSR count).